The zero-order chi connectivity index (χ0) is 12.5. The van der Waals surface area contributed by atoms with Crippen LogP contribution in [-0.4, -0.2) is 20.8 Å². The molecule has 2 heterocycles. The van der Waals surface area contributed by atoms with Crippen molar-refractivity contribution in [2.75, 3.05) is 0 Å². The number of aromatic nitrogens is 2. The van der Waals surface area contributed by atoms with Gasteiger partial charge < -0.3 is 9.67 Å². The van der Waals surface area contributed by atoms with Gasteiger partial charge in [0, 0.05) is 31.3 Å². The van der Waals surface area contributed by atoms with E-state index in [2.05, 4.69) is 40.7 Å². The van der Waals surface area contributed by atoms with E-state index in [0.29, 0.717) is 0 Å². The Morgan fingerprint density at radius 3 is 2.89 bits per heavy atom. The van der Waals surface area contributed by atoms with Gasteiger partial charge in [0.05, 0.1) is 6.10 Å². The quantitative estimate of drug-likeness (QED) is 0.875. The van der Waals surface area contributed by atoms with E-state index in [1.54, 1.807) is 0 Å². The lowest BCUT2D eigenvalue weighted by Gasteiger charge is -2.21. The Hall–Kier alpha value is -1.61. The summed E-state index contributed by atoms with van der Waals surface area (Å²) >= 11 is 0. The highest BCUT2D eigenvalue weighted by Gasteiger charge is 2.19. The van der Waals surface area contributed by atoms with E-state index in [-0.39, 0.29) is 6.10 Å². The summed E-state index contributed by atoms with van der Waals surface area (Å²) in [7, 11) is 0. The molecule has 2 aromatic rings. The van der Waals surface area contributed by atoms with Crippen LogP contribution in [0.4, 0.5) is 0 Å². The maximum absolute atomic E-state index is 9.64. The maximum Gasteiger partial charge on any atom is 0.113 e. The molecule has 0 radical (unpaired) electrons. The lowest BCUT2D eigenvalue weighted by molar-refractivity contribution is 0.143. The first-order chi connectivity index (χ1) is 8.72. The maximum atomic E-state index is 9.64. The molecule has 0 aliphatic carbocycles. The average Bonchev–Trinajstić information content (AvgIpc) is 2.74. The molecule has 0 amide bonds. The smallest absolute Gasteiger partial charge is 0.113 e. The fourth-order valence-corrected chi connectivity index (χ4v) is 2.54. The Morgan fingerprint density at radius 2 is 2.11 bits per heavy atom. The molecular weight excluding hydrogens is 224 g/mol. The molecule has 3 heteroatoms. The summed E-state index contributed by atoms with van der Waals surface area (Å²) < 4.78 is 2.26. The fourth-order valence-electron chi connectivity index (χ4n) is 2.54. The lowest BCUT2D eigenvalue weighted by Crippen LogP contribution is -2.23. The highest BCUT2D eigenvalue weighted by molar-refractivity contribution is 5.25. The van der Waals surface area contributed by atoms with E-state index < -0.39 is 0 Å². The number of fused-ring (bicyclic) bond motifs is 1. The third-order valence-electron chi connectivity index (χ3n) is 3.63. The van der Waals surface area contributed by atoms with Crippen molar-refractivity contribution in [2.45, 2.75) is 38.8 Å². The first-order valence-corrected chi connectivity index (χ1v) is 6.49. The molecule has 0 saturated carbocycles. The fraction of sp³-hybridized carbons (Fsp3) is 0.400. The molecule has 0 spiro atoms. The molecule has 1 N–H and O–H groups in total. The van der Waals surface area contributed by atoms with Gasteiger partial charge in [-0.1, -0.05) is 29.8 Å². The predicted octanol–water partition coefficient (Wildman–Crippen LogP) is 2.09. The van der Waals surface area contributed by atoms with Crippen LogP contribution in [-0.2, 0) is 19.4 Å². The zero-order valence-corrected chi connectivity index (χ0v) is 10.6. The molecule has 1 atom stereocenters. The molecule has 18 heavy (non-hydrogen) atoms. The van der Waals surface area contributed by atoms with E-state index >= 15 is 0 Å². The standard InChI is InChI=1S/C15H18N2O/c1-11-2-4-12(5-3-11)8-15-16-10-13-9-14(18)6-7-17(13)15/h2-5,10,14,18H,6-9H2,1H3. The number of hydrogen-bond acceptors (Lipinski definition) is 2. The van der Waals surface area contributed by atoms with Crippen molar-refractivity contribution in [1.29, 1.82) is 0 Å². The van der Waals surface area contributed by atoms with Crippen LogP contribution in [0.5, 0.6) is 0 Å². The minimum atomic E-state index is -0.193. The molecule has 3 nitrogen and oxygen atoms in total. The first-order valence-electron chi connectivity index (χ1n) is 6.49. The van der Waals surface area contributed by atoms with Crippen molar-refractivity contribution in [3.63, 3.8) is 0 Å². The van der Waals surface area contributed by atoms with Gasteiger partial charge in [-0.15, -0.1) is 0 Å². The van der Waals surface area contributed by atoms with Crippen LogP contribution in [0.3, 0.4) is 0 Å². The number of imidazole rings is 1. The molecule has 1 aromatic carbocycles. The van der Waals surface area contributed by atoms with Gasteiger partial charge >= 0.3 is 0 Å². The predicted molar refractivity (Wildman–Crippen MR) is 70.5 cm³/mol. The van der Waals surface area contributed by atoms with Crippen LogP contribution < -0.4 is 0 Å². The minimum Gasteiger partial charge on any atom is -0.393 e. The summed E-state index contributed by atoms with van der Waals surface area (Å²) in [4.78, 5) is 4.50. The Morgan fingerprint density at radius 1 is 1.33 bits per heavy atom. The summed E-state index contributed by atoms with van der Waals surface area (Å²) in [6.07, 6.45) is 4.16. The summed E-state index contributed by atoms with van der Waals surface area (Å²) in [6, 6.07) is 8.60. The van der Waals surface area contributed by atoms with Crippen molar-refractivity contribution in [3.8, 4) is 0 Å². The number of nitrogens with zero attached hydrogens (tertiary/aromatic N) is 2. The van der Waals surface area contributed by atoms with E-state index in [0.717, 1.165) is 37.3 Å². The summed E-state index contributed by atoms with van der Waals surface area (Å²) in [6.45, 7) is 2.99. The van der Waals surface area contributed by atoms with Crippen LogP contribution in [0.15, 0.2) is 30.5 Å². The van der Waals surface area contributed by atoms with Crippen molar-refractivity contribution in [3.05, 3.63) is 53.1 Å². The SMILES string of the molecule is Cc1ccc(Cc2ncc3n2CCC(O)C3)cc1. The number of hydrogen-bond donors (Lipinski definition) is 1. The second-order valence-corrected chi connectivity index (χ2v) is 5.13. The van der Waals surface area contributed by atoms with Crippen LogP contribution in [0.25, 0.3) is 0 Å². The Balaban J connectivity index is 1.83. The number of aliphatic hydroxyl groups is 1. The van der Waals surface area contributed by atoms with Crippen LogP contribution in [0, 0.1) is 6.92 Å². The molecule has 1 unspecified atom stereocenters. The summed E-state index contributed by atoms with van der Waals surface area (Å²) in [5.41, 5.74) is 3.74. The van der Waals surface area contributed by atoms with E-state index in [1.165, 1.54) is 11.1 Å². The van der Waals surface area contributed by atoms with E-state index in [1.807, 2.05) is 6.20 Å². The highest BCUT2D eigenvalue weighted by atomic mass is 16.3. The van der Waals surface area contributed by atoms with Gasteiger partial charge in [0.1, 0.15) is 5.82 Å². The lowest BCUT2D eigenvalue weighted by atomic mass is 10.1. The van der Waals surface area contributed by atoms with Crippen LogP contribution in [0.1, 0.15) is 29.1 Å². The number of rotatable bonds is 2. The molecule has 3 rings (SSSR count). The van der Waals surface area contributed by atoms with E-state index in [9.17, 15) is 5.11 Å². The molecule has 1 aliphatic heterocycles. The van der Waals surface area contributed by atoms with Gasteiger partial charge in [0.15, 0.2) is 0 Å². The number of aliphatic hydroxyl groups excluding tert-OH is 1. The Labute approximate surface area is 107 Å². The number of aryl methyl sites for hydroxylation is 1. The monoisotopic (exact) mass is 242 g/mol. The van der Waals surface area contributed by atoms with Gasteiger partial charge in [-0.25, -0.2) is 4.98 Å². The summed E-state index contributed by atoms with van der Waals surface area (Å²) in [5, 5.41) is 9.64. The Bertz CT molecular complexity index is 542. The van der Waals surface area contributed by atoms with Crippen LogP contribution in [0.2, 0.25) is 0 Å². The van der Waals surface area contributed by atoms with Crippen molar-refractivity contribution < 1.29 is 5.11 Å². The van der Waals surface area contributed by atoms with Gasteiger partial charge in [0.2, 0.25) is 0 Å². The largest absolute Gasteiger partial charge is 0.393 e. The van der Waals surface area contributed by atoms with Gasteiger partial charge in [-0.3, -0.25) is 0 Å². The second kappa shape index (κ2) is 4.58. The molecule has 0 saturated heterocycles. The molecule has 0 fully saturated rings. The Kier molecular flexibility index (Phi) is 2.92. The first kappa shape index (κ1) is 11.5. The topological polar surface area (TPSA) is 38.0 Å². The molecule has 1 aromatic heterocycles. The van der Waals surface area contributed by atoms with Gasteiger partial charge in [-0.05, 0) is 18.9 Å². The number of benzene rings is 1. The van der Waals surface area contributed by atoms with Crippen molar-refractivity contribution in [1.82, 2.24) is 9.55 Å². The normalized spacial score (nSPS) is 18.7. The van der Waals surface area contributed by atoms with Gasteiger partial charge in [-0.2, -0.15) is 0 Å². The average molecular weight is 242 g/mol. The van der Waals surface area contributed by atoms with Crippen LogP contribution >= 0.6 is 0 Å². The molecule has 1 aliphatic rings. The third kappa shape index (κ3) is 2.18. The van der Waals surface area contributed by atoms with Crippen molar-refractivity contribution >= 4 is 0 Å². The highest BCUT2D eigenvalue weighted by Crippen LogP contribution is 2.19. The minimum absolute atomic E-state index is 0.193. The second-order valence-electron chi connectivity index (χ2n) is 5.13. The zero-order valence-electron chi connectivity index (χ0n) is 10.6. The molecule has 0 bridgehead atoms. The summed E-state index contributed by atoms with van der Waals surface area (Å²) in [5.74, 6) is 1.11. The van der Waals surface area contributed by atoms with E-state index in [4.69, 9.17) is 0 Å². The van der Waals surface area contributed by atoms with Gasteiger partial charge in [0.25, 0.3) is 0 Å². The van der Waals surface area contributed by atoms with Crippen molar-refractivity contribution in [2.24, 2.45) is 0 Å². The molecule has 94 valence electrons. The third-order valence-corrected chi connectivity index (χ3v) is 3.63. The molecular formula is C15H18N2O.